The molecule has 15 heavy (non-hydrogen) atoms. The Balaban J connectivity index is 2.97. The fraction of sp³-hybridized carbons (Fsp3) is 0.333. The molecule has 0 atom stereocenters. The minimum atomic E-state index is -0.103. The van der Waals surface area contributed by atoms with E-state index in [0.29, 0.717) is 5.56 Å². The molecule has 3 nitrogen and oxygen atoms in total. The summed E-state index contributed by atoms with van der Waals surface area (Å²) in [6, 6.07) is 7.63. The van der Waals surface area contributed by atoms with E-state index in [0.717, 1.165) is 11.1 Å². The highest BCUT2D eigenvalue weighted by atomic mass is 16.2. The summed E-state index contributed by atoms with van der Waals surface area (Å²) in [5.41, 5.74) is 2.75. The SMILES string of the molecule is Cc1ccc(C(=O)N(C)CC#N)c(C)c1. The molecule has 0 aliphatic carbocycles. The van der Waals surface area contributed by atoms with Gasteiger partial charge in [0.1, 0.15) is 6.54 Å². The van der Waals surface area contributed by atoms with Crippen LogP contribution < -0.4 is 0 Å². The van der Waals surface area contributed by atoms with Gasteiger partial charge in [-0.15, -0.1) is 0 Å². The van der Waals surface area contributed by atoms with Gasteiger partial charge < -0.3 is 4.90 Å². The first-order valence-corrected chi connectivity index (χ1v) is 4.76. The smallest absolute Gasteiger partial charge is 0.254 e. The van der Waals surface area contributed by atoms with E-state index in [1.807, 2.05) is 32.0 Å². The van der Waals surface area contributed by atoms with Crippen molar-refractivity contribution >= 4 is 5.91 Å². The van der Waals surface area contributed by atoms with Crippen LogP contribution in [0.2, 0.25) is 0 Å². The van der Waals surface area contributed by atoms with Crippen LogP contribution in [0.15, 0.2) is 18.2 Å². The lowest BCUT2D eigenvalue weighted by Crippen LogP contribution is -2.27. The van der Waals surface area contributed by atoms with E-state index in [4.69, 9.17) is 5.26 Å². The zero-order chi connectivity index (χ0) is 11.4. The van der Waals surface area contributed by atoms with Gasteiger partial charge in [0, 0.05) is 12.6 Å². The molecule has 0 heterocycles. The molecule has 0 aromatic heterocycles. The van der Waals surface area contributed by atoms with Gasteiger partial charge in [-0.05, 0) is 25.5 Å². The lowest BCUT2D eigenvalue weighted by Gasteiger charge is -2.14. The van der Waals surface area contributed by atoms with Gasteiger partial charge in [0.25, 0.3) is 5.91 Å². The molecule has 0 N–H and O–H groups in total. The monoisotopic (exact) mass is 202 g/mol. The molecule has 78 valence electrons. The fourth-order valence-electron chi connectivity index (χ4n) is 1.44. The summed E-state index contributed by atoms with van der Waals surface area (Å²) in [5.74, 6) is -0.103. The number of amides is 1. The molecule has 0 saturated heterocycles. The topological polar surface area (TPSA) is 44.1 Å². The van der Waals surface area contributed by atoms with Crippen LogP contribution in [0, 0.1) is 25.2 Å². The molecule has 0 radical (unpaired) electrons. The van der Waals surface area contributed by atoms with Crippen molar-refractivity contribution in [1.29, 1.82) is 5.26 Å². The highest BCUT2D eigenvalue weighted by Crippen LogP contribution is 2.12. The zero-order valence-electron chi connectivity index (χ0n) is 9.24. The normalized spacial score (nSPS) is 9.47. The Bertz CT molecular complexity index is 418. The maximum atomic E-state index is 11.8. The standard InChI is InChI=1S/C12H14N2O/c1-9-4-5-11(10(2)8-9)12(15)14(3)7-6-13/h4-5,8H,7H2,1-3H3. The van der Waals surface area contributed by atoms with Crippen molar-refractivity contribution < 1.29 is 4.79 Å². The van der Waals surface area contributed by atoms with Gasteiger partial charge in [-0.3, -0.25) is 4.79 Å². The largest absolute Gasteiger partial charge is 0.328 e. The minimum Gasteiger partial charge on any atom is -0.328 e. The second-order valence-corrected chi connectivity index (χ2v) is 3.64. The minimum absolute atomic E-state index is 0.103. The number of carbonyl (C=O) groups is 1. The van der Waals surface area contributed by atoms with Crippen LogP contribution in [0.5, 0.6) is 0 Å². The van der Waals surface area contributed by atoms with Crippen molar-refractivity contribution in [1.82, 2.24) is 4.90 Å². The number of nitrogens with zero attached hydrogens (tertiary/aromatic N) is 2. The van der Waals surface area contributed by atoms with E-state index >= 15 is 0 Å². The molecule has 0 saturated carbocycles. The first kappa shape index (κ1) is 11.3. The van der Waals surface area contributed by atoms with Crippen molar-refractivity contribution in [3.63, 3.8) is 0 Å². The predicted octanol–water partition coefficient (Wildman–Crippen LogP) is 1.90. The van der Waals surface area contributed by atoms with E-state index in [2.05, 4.69) is 0 Å². The van der Waals surface area contributed by atoms with Gasteiger partial charge in [0.05, 0.1) is 6.07 Å². The van der Waals surface area contributed by atoms with Crippen LogP contribution >= 0.6 is 0 Å². The summed E-state index contributed by atoms with van der Waals surface area (Å²) in [4.78, 5) is 13.3. The number of carbonyl (C=O) groups excluding carboxylic acids is 1. The second-order valence-electron chi connectivity index (χ2n) is 3.64. The van der Waals surface area contributed by atoms with Crippen LogP contribution in [0.25, 0.3) is 0 Å². The number of hydrogen-bond donors (Lipinski definition) is 0. The van der Waals surface area contributed by atoms with E-state index in [-0.39, 0.29) is 12.5 Å². The summed E-state index contributed by atoms with van der Waals surface area (Å²) in [6.45, 7) is 4.01. The Hall–Kier alpha value is -1.82. The highest BCUT2D eigenvalue weighted by molar-refractivity contribution is 5.95. The van der Waals surface area contributed by atoms with Crippen molar-refractivity contribution in [3.8, 4) is 6.07 Å². The van der Waals surface area contributed by atoms with Gasteiger partial charge in [0.15, 0.2) is 0 Å². The lowest BCUT2D eigenvalue weighted by atomic mass is 10.0. The van der Waals surface area contributed by atoms with Gasteiger partial charge in [-0.25, -0.2) is 0 Å². The average Bonchev–Trinajstić information content (AvgIpc) is 2.17. The molecule has 1 aromatic carbocycles. The number of aryl methyl sites for hydroxylation is 2. The molecule has 0 spiro atoms. The van der Waals surface area contributed by atoms with Gasteiger partial charge in [0.2, 0.25) is 0 Å². The van der Waals surface area contributed by atoms with Crippen LogP contribution in [0.1, 0.15) is 21.5 Å². The second kappa shape index (κ2) is 4.61. The van der Waals surface area contributed by atoms with Crippen molar-refractivity contribution in [2.75, 3.05) is 13.6 Å². The first-order chi connectivity index (χ1) is 7.06. The van der Waals surface area contributed by atoms with E-state index in [1.54, 1.807) is 13.1 Å². The molecule has 3 heteroatoms. The predicted molar refractivity (Wildman–Crippen MR) is 58.5 cm³/mol. The van der Waals surface area contributed by atoms with Crippen LogP contribution in [0.4, 0.5) is 0 Å². The molecule has 1 rings (SSSR count). The van der Waals surface area contributed by atoms with Crippen LogP contribution in [-0.2, 0) is 0 Å². The molecule has 0 fully saturated rings. The lowest BCUT2D eigenvalue weighted by molar-refractivity contribution is 0.0811. The Morgan fingerprint density at radius 3 is 2.67 bits per heavy atom. The van der Waals surface area contributed by atoms with Crippen molar-refractivity contribution in [3.05, 3.63) is 34.9 Å². The third-order valence-electron chi connectivity index (χ3n) is 2.27. The Morgan fingerprint density at radius 1 is 1.47 bits per heavy atom. The Morgan fingerprint density at radius 2 is 2.13 bits per heavy atom. The van der Waals surface area contributed by atoms with Crippen LogP contribution in [0.3, 0.4) is 0 Å². The maximum Gasteiger partial charge on any atom is 0.254 e. The third kappa shape index (κ3) is 2.57. The van der Waals surface area contributed by atoms with Crippen molar-refractivity contribution in [2.24, 2.45) is 0 Å². The molecule has 0 bridgehead atoms. The molecule has 1 amide bonds. The molecular weight excluding hydrogens is 188 g/mol. The van der Waals surface area contributed by atoms with Gasteiger partial charge in [-0.1, -0.05) is 17.7 Å². The summed E-state index contributed by atoms with van der Waals surface area (Å²) in [5, 5.41) is 8.50. The molecule has 0 aliphatic heterocycles. The maximum absolute atomic E-state index is 11.8. The zero-order valence-corrected chi connectivity index (χ0v) is 9.24. The summed E-state index contributed by atoms with van der Waals surface area (Å²) in [6.07, 6.45) is 0. The average molecular weight is 202 g/mol. The molecular formula is C12H14N2O. The Kier molecular flexibility index (Phi) is 3.46. The quantitative estimate of drug-likeness (QED) is 0.687. The molecule has 0 aliphatic rings. The van der Waals surface area contributed by atoms with Crippen LogP contribution in [-0.4, -0.2) is 24.4 Å². The number of nitriles is 1. The fourth-order valence-corrected chi connectivity index (χ4v) is 1.44. The van der Waals surface area contributed by atoms with E-state index in [9.17, 15) is 4.79 Å². The highest BCUT2D eigenvalue weighted by Gasteiger charge is 2.13. The van der Waals surface area contributed by atoms with E-state index < -0.39 is 0 Å². The van der Waals surface area contributed by atoms with Gasteiger partial charge in [-0.2, -0.15) is 5.26 Å². The number of rotatable bonds is 2. The number of benzene rings is 1. The summed E-state index contributed by atoms with van der Waals surface area (Å²) < 4.78 is 0. The van der Waals surface area contributed by atoms with E-state index in [1.165, 1.54) is 4.90 Å². The summed E-state index contributed by atoms with van der Waals surface area (Å²) >= 11 is 0. The van der Waals surface area contributed by atoms with Crippen molar-refractivity contribution in [2.45, 2.75) is 13.8 Å². The molecule has 0 unspecified atom stereocenters. The van der Waals surface area contributed by atoms with Gasteiger partial charge >= 0.3 is 0 Å². The molecule has 1 aromatic rings. The summed E-state index contributed by atoms with van der Waals surface area (Å²) in [7, 11) is 1.63. The number of hydrogen-bond acceptors (Lipinski definition) is 2. The first-order valence-electron chi connectivity index (χ1n) is 4.76. The Labute approximate surface area is 89.9 Å². The third-order valence-corrected chi connectivity index (χ3v) is 2.27.